The van der Waals surface area contributed by atoms with Gasteiger partial charge in [0.1, 0.15) is 5.60 Å². The van der Waals surface area contributed by atoms with Crippen molar-refractivity contribution in [3.63, 3.8) is 0 Å². The van der Waals surface area contributed by atoms with Gasteiger partial charge in [0.05, 0.1) is 18.5 Å². The van der Waals surface area contributed by atoms with E-state index in [0.717, 1.165) is 37.7 Å². The third-order valence-electron chi connectivity index (χ3n) is 4.44. The molecule has 1 aliphatic rings. The zero-order valence-electron chi connectivity index (χ0n) is 15.4. The minimum absolute atomic E-state index is 0.0840. The summed E-state index contributed by atoms with van der Waals surface area (Å²) in [6.45, 7) is 9.29. The number of unbranched alkanes of at least 4 members (excludes halogenated alkanes) is 1. The van der Waals surface area contributed by atoms with Crippen LogP contribution in [0, 0.1) is 12.8 Å². The molecule has 2 rings (SSSR count). The van der Waals surface area contributed by atoms with E-state index in [1.54, 1.807) is 6.20 Å². The highest BCUT2D eigenvalue weighted by molar-refractivity contribution is 5.97. The smallest absolute Gasteiger partial charge is 0.256 e. The zero-order chi connectivity index (χ0) is 17.6. The minimum atomic E-state index is -0.750. The fourth-order valence-corrected chi connectivity index (χ4v) is 2.67. The second kappa shape index (κ2) is 8.47. The fourth-order valence-electron chi connectivity index (χ4n) is 2.67. The first kappa shape index (κ1) is 18.7. The Morgan fingerprint density at radius 2 is 2.08 bits per heavy atom. The average Bonchev–Trinajstić information content (AvgIpc) is 3.40. The van der Waals surface area contributed by atoms with Crippen molar-refractivity contribution in [2.24, 2.45) is 5.92 Å². The Morgan fingerprint density at radius 1 is 1.33 bits per heavy atom. The van der Waals surface area contributed by atoms with E-state index in [9.17, 15) is 4.79 Å². The second-order valence-electron chi connectivity index (χ2n) is 6.73. The summed E-state index contributed by atoms with van der Waals surface area (Å²) < 4.78 is 11.6. The molecule has 0 aliphatic heterocycles. The number of pyridine rings is 1. The quantitative estimate of drug-likeness (QED) is 0.654. The Balaban J connectivity index is 2.01. The Morgan fingerprint density at radius 3 is 2.67 bits per heavy atom. The Labute approximate surface area is 145 Å². The van der Waals surface area contributed by atoms with Crippen molar-refractivity contribution in [3.8, 4) is 5.88 Å². The highest BCUT2D eigenvalue weighted by Gasteiger charge is 2.48. The lowest BCUT2D eigenvalue weighted by molar-refractivity contribution is -0.142. The van der Waals surface area contributed by atoms with Crippen LogP contribution in [0.5, 0.6) is 5.88 Å². The van der Waals surface area contributed by atoms with E-state index in [0.29, 0.717) is 30.7 Å². The summed E-state index contributed by atoms with van der Waals surface area (Å²) in [6, 6.07) is 1.90. The summed E-state index contributed by atoms with van der Waals surface area (Å²) in [4.78, 5) is 17.1. The Hall–Kier alpha value is -1.62. The van der Waals surface area contributed by atoms with Crippen molar-refractivity contribution in [3.05, 3.63) is 17.8 Å². The molecule has 0 bridgehead atoms. The highest BCUT2D eigenvalue weighted by Crippen LogP contribution is 2.42. The van der Waals surface area contributed by atoms with Gasteiger partial charge in [-0.2, -0.15) is 0 Å². The molecule has 1 aromatic heterocycles. The van der Waals surface area contributed by atoms with Gasteiger partial charge in [-0.1, -0.05) is 20.3 Å². The van der Waals surface area contributed by atoms with Crippen LogP contribution in [0.1, 0.15) is 58.4 Å². The maximum Gasteiger partial charge on any atom is 0.256 e. The number of hydrogen-bond acceptors (Lipinski definition) is 4. The number of aromatic nitrogens is 1. The van der Waals surface area contributed by atoms with Crippen molar-refractivity contribution >= 4 is 11.6 Å². The molecule has 1 saturated carbocycles. The van der Waals surface area contributed by atoms with E-state index in [1.807, 2.05) is 19.9 Å². The number of rotatable bonds is 10. The Kier molecular flexibility index (Phi) is 6.60. The summed E-state index contributed by atoms with van der Waals surface area (Å²) in [5, 5.41) is 2.97. The van der Waals surface area contributed by atoms with E-state index < -0.39 is 5.60 Å². The van der Waals surface area contributed by atoms with Crippen LogP contribution in [0.4, 0.5) is 5.69 Å². The van der Waals surface area contributed by atoms with Gasteiger partial charge in [-0.15, -0.1) is 0 Å². The molecule has 1 N–H and O–H groups in total. The van der Waals surface area contributed by atoms with Crippen LogP contribution in [0.3, 0.4) is 0 Å². The highest BCUT2D eigenvalue weighted by atomic mass is 16.5. The standard InChI is InChI=1S/C19H30N2O3/c1-5-7-11-23-17-14(3)12-16(13-20-17)21-18(22)19(4,15-8-9-15)24-10-6-2/h12-13,15H,5-11H2,1-4H3,(H,21,22). The molecule has 0 saturated heterocycles. The van der Waals surface area contributed by atoms with Crippen molar-refractivity contribution in [2.45, 2.75) is 65.4 Å². The molecule has 24 heavy (non-hydrogen) atoms. The SMILES string of the molecule is CCCCOc1ncc(NC(=O)C(C)(OCCC)C2CC2)cc1C. The first-order valence-corrected chi connectivity index (χ1v) is 9.06. The number of aryl methyl sites for hydroxylation is 1. The molecule has 0 aromatic carbocycles. The van der Waals surface area contributed by atoms with E-state index in [-0.39, 0.29) is 5.91 Å². The van der Waals surface area contributed by atoms with Gasteiger partial charge in [0, 0.05) is 12.2 Å². The molecular formula is C19H30N2O3. The maximum absolute atomic E-state index is 12.7. The van der Waals surface area contributed by atoms with Gasteiger partial charge in [-0.25, -0.2) is 4.98 Å². The molecule has 1 fully saturated rings. The molecule has 0 radical (unpaired) electrons. The summed E-state index contributed by atoms with van der Waals surface area (Å²) in [7, 11) is 0. The van der Waals surface area contributed by atoms with E-state index in [1.165, 1.54) is 0 Å². The van der Waals surface area contributed by atoms with Gasteiger partial charge in [0.25, 0.3) is 5.91 Å². The summed E-state index contributed by atoms with van der Waals surface area (Å²) in [5.41, 5.74) is 0.860. The monoisotopic (exact) mass is 334 g/mol. The van der Waals surface area contributed by atoms with Crippen LogP contribution in [0.15, 0.2) is 12.3 Å². The van der Waals surface area contributed by atoms with Crippen LogP contribution in [0.2, 0.25) is 0 Å². The summed E-state index contributed by atoms with van der Waals surface area (Å²) in [6.07, 6.45) is 6.75. The number of nitrogens with zero attached hydrogens (tertiary/aromatic N) is 1. The number of amides is 1. The normalized spacial score (nSPS) is 16.5. The lowest BCUT2D eigenvalue weighted by Crippen LogP contribution is -2.45. The fraction of sp³-hybridized carbons (Fsp3) is 0.684. The second-order valence-corrected chi connectivity index (χ2v) is 6.73. The van der Waals surface area contributed by atoms with Crippen molar-refractivity contribution < 1.29 is 14.3 Å². The number of anilines is 1. The molecular weight excluding hydrogens is 304 g/mol. The van der Waals surface area contributed by atoms with Gasteiger partial charge in [-0.05, 0) is 51.5 Å². The number of nitrogens with one attached hydrogen (secondary N) is 1. The van der Waals surface area contributed by atoms with Gasteiger partial charge in [0.15, 0.2) is 0 Å². The topological polar surface area (TPSA) is 60.5 Å². The molecule has 1 aliphatic carbocycles. The molecule has 0 spiro atoms. The first-order valence-electron chi connectivity index (χ1n) is 9.06. The third-order valence-corrected chi connectivity index (χ3v) is 4.44. The van der Waals surface area contributed by atoms with Gasteiger partial charge in [-0.3, -0.25) is 4.79 Å². The molecule has 1 heterocycles. The maximum atomic E-state index is 12.7. The minimum Gasteiger partial charge on any atom is -0.477 e. The summed E-state index contributed by atoms with van der Waals surface area (Å²) in [5.74, 6) is 0.864. The first-order chi connectivity index (χ1) is 11.5. The lowest BCUT2D eigenvalue weighted by atomic mass is 9.98. The van der Waals surface area contributed by atoms with Crippen molar-refractivity contribution in [2.75, 3.05) is 18.5 Å². The van der Waals surface area contributed by atoms with Crippen LogP contribution >= 0.6 is 0 Å². The molecule has 1 unspecified atom stereocenters. The number of carbonyl (C=O) groups is 1. The van der Waals surface area contributed by atoms with E-state index in [2.05, 4.69) is 24.1 Å². The van der Waals surface area contributed by atoms with Gasteiger partial charge in [0.2, 0.25) is 5.88 Å². The number of carbonyl (C=O) groups excluding carboxylic acids is 1. The molecule has 1 atom stereocenters. The van der Waals surface area contributed by atoms with E-state index >= 15 is 0 Å². The summed E-state index contributed by atoms with van der Waals surface area (Å²) >= 11 is 0. The predicted molar refractivity (Wildman–Crippen MR) is 95.4 cm³/mol. The largest absolute Gasteiger partial charge is 0.477 e. The predicted octanol–water partition coefficient (Wildman–Crippen LogP) is 4.10. The van der Waals surface area contributed by atoms with Gasteiger partial charge >= 0.3 is 0 Å². The zero-order valence-corrected chi connectivity index (χ0v) is 15.4. The Bertz CT molecular complexity index is 558. The van der Waals surface area contributed by atoms with Crippen molar-refractivity contribution in [1.29, 1.82) is 0 Å². The number of hydrogen-bond donors (Lipinski definition) is 1. The third kappa shape index (κ3) is 4.69. The number of ether oxygens (including phenoxy) is 2. The van der Waals surface area contributed by atoms with Crippen LogP contribution < -0.4 is 10.1 Å². The molecule has 1 amide bonds. The molecule has 134 valence electrons. The molecule has 1 aromatic rings. The molecule has 5 heteroatoms. The van der Waals surface area contributed by atoms with Crippen molar-refractivity contribution in [1.82, 2.24) is 4.98 Å². The van der Waals surface area contributed by atoms with Crippen LogP contribution in [0.25, 0.3) is 0 Å². The van der Waals surface area contributed by atoms with Crippen LogP contribution in [-0.2, 0) is 9.53 Å². The van der Waals surface area contributed by atoms with Crippen LogP contribution in [-0.4, -0.2) is 29.7 Å². The average molecular weight is 334 g/mol. The molecule has 5 nitrogen and oxygen atoms in total. The van der Waals surface area contributed by atoms with E-state index in [4.69, 9.17) is 9.47 Å². The van der Waals surface area contributed by atoms with Gasteiger partial charge < -0.3 is 14.8 Å². The lowest BCUT2D eigenvalue weighted by Gasteiger charge is -2.28.